The van der Waals surface area contributed by atoms with Crippen molar-refractivity contribution in [2.24, 2.45) is 0 Å². The van der Waals surface area contributed by atoms with E-state index in [9.17, 15) is 18.0 Å². The zero-order chi connectivity index (χ0) is 13.9. The lowest BCUT2D eigenvalue weighted by molar-refractivity contribution is -0.138. The van der Waals surface area contributed by atoms with Crippen LogP contribution in [0.4, 0.5) is 19.1 Å². The first-order valence-electron chi connectivity index (χ1n) is 5.81. The maximum absolute atomic E-state index is 12.4. The van der Waals surface area contributed by atoms with Gasteiger partial charge in [0.25, 0.3) is 0 Å². The number of anilines is 1. The molecule has 0 aromatic carbocycles. The van der Waals surface area contributed by atoms with Crippen molar-refractivity contribution in [1.82, 2.24) is 14.9 Å². The van der Waals surface area contributed by atoms with Crippen LogP contribution in [0.1, 0.15) is 5.56 Å². The molecule has 0 radical (unpaired) electrons. The summed E-state index contributed by atoms with van der Waals surface area (Å²) >= 11 is 0. The Morgan fingerprint density at radius 1 is 1.16 bits per heavy atom. The summed E-state index contributed by atoms with van der Waals surface area (Å²) in [6, 6.07) is 0. The average Bonchev–Trinajstić information content (AvgIpc) is 2.39. The molecule has 19 heavy (non-hydrogen) atoms. The van der Waals surface area contributed by atoms with Gasteiger partial charge in [-0.2, -0.15) is 13.2 Å². The van der Waals surface area contributed by atoms with Crippen LogP contribution in [0.25, 0.3) is 0 Å². The predicted octanol–water partition coefficient (Wildman–Crippen LogP) is 0.816. The summed E-state index contributed by atoms with van der Waals surface area (Å²) in [5.41, 5.74) is -0.851. The molecule has 0 saturated carbocycles. The van der Waals surface area contributed by atoms with Crippen LogP contribution >= 0.6 is 0 Å². The van der Waals surface area contributed by atoms with E-state index in [1.54, 1.807) is 0 Å². The van der Waals surface area contributed by atoms with Gasteiger partial charge in [-0.1, -0.05) is 0 Å². The summed E-state index contributed by atoms with van der Waals surface area (Å²) in [5.74, 6) is 0.291. The molecule has 104 valence electrons. The highest BCUT2D eigenvalue weighted by atomic mass is 19.4. The lowest BCUT2D eigenvalue weighted by Gasteiger charge is -2.33. The molecule has 5 nitrogen and oxygen atoms in total. The van der Waals surface area contributed by atoms with E-state index in [1.165, 1.54) is 0 Å². The SMILES string of the molecule is O=CCN1CCN(c2ncc(C(F)(F)F)cn2)CC1. The highest BCUT2D eigenvalue weighted by Gasteiger charge is 2.31. The van der Waals surface area contributed by atoms with Crippen LogP contribution in [0.3, 0.4) is 0 Å². The lowest BCUT2D eigenvalue weighted by atomic mass is 10.3. The van der Waals surface area contributed by atoms with Gasteiger partial charge in [0.2, 0.25) is 5.95 Å². The van der Waals surface area contributed by atoms with Crippen molar-refractivity contribution in [3.8, 4) is 0 Å². The third-order valence-corrected chi connectivity index (χ3v) is 2.95. The number of hydrogen-bond acceptors (Lipinski definition) is 5. The standard InChI is InChI=1S/C11H13F3N4O/c12-11(13,14)9-7-15-10(16-8-9)18-3-1-17(2-4-18)5-6-19/h6-8H,1-5H2. The molecule has 0 N–H and O–H groups in total. The number of carbonyl (C=O) groups excluding carboxylic acids is 1. The van der Waals surface area contributed by atoms with Crippen molar-refractivity contribution in [1.29, 1.82) is 0 Å². The van der Waals surface area contributed by atoms with Crippen LogP contribution in [-0.4, -0.2) is 53.9 Å². The smallest absolute Gasteiger partial charge is 0.338 e. The molecule has 0 aliphatic carbocycles. The van der Waals surface area contributed by atoms with Crippen molar-refractivity contribution in [2.75, 3.05) is 37.6 Å². The minimum atomic E-state index is -4.42. The number of rotatable bonds is 3. The third kappa shape index (κ3) is 3.40. The van der Waals surface area contributed by atoms with E-state index in [1.807, 2.05) is 9.80 Å². The van der Waals surface area contributed by atoms with Crippen molar-refractivity contribution < 1.29 is 18.0 Å². The maximum Gasteiger partial charge on any atom is 0.419 e. The zero-order valence-corrected chi connectivity index (χ0v) is 10.1. The van der Waals surface area contributed by atoms with Gasteiger partial charge in [0.15, 0.2) is 0 Å². The van der Waals surface area contributed by atoms with Gasteiger partial charge >= 0.3 is 6.18 Å². The van der Waals surface area contributed by atoms with E-state index in [0.29, 0.717) is 38.7 Å². The van der Waals surface area contributed by atoms with Gasteiger partial charge in [-0.3, -0.25) is 4.90 Å². The maximum atomic E-state index is 12.4. The van der Waals surface area contributed by atoms with Gasteiger partial charge in [0.1, 0.15) is 6.29 Å². The second-order valence-electron chi connectivity index (χ2n) is 4.22. The van der Waals surface area contributed by atoms with Crippen LogP contribution in [0, 0.1) is 0 Å². The Balaban J connectivity index is 1.98. The summed E-state index contributed by atoms with van der Waals surface area (Å²) in [5, 5.41) is 0. The Kier molecular flexibility index (Phi) is 3.98. The Morgan fingerprint density at radius 3 is 2.21 bits per heavy atom. The highest BCUT2D eigenvalue weighted by molar-refractivity contribution is 5.52. The quantitative estimate of drug-likeness (QED) is 0.764. The Morgan fingerprint density at radius 2 is 1.74 bits per heavy atom. The van der Waals surface area contributed by atoms with Crippen LogP contribution in [-0.2, 0) is 11.0 Å². The fraction of sp³-hybridized carbons (Fsp3) is 0.545. The molecule has 2 heterocycles. The van der Waals surface area contributed by atoms with Crippen LogP contribution < -0.4 is 4.90 Å². The summed E-state index contributed by atoms with van der Waals surface area (Å²) in [7, 11) is 0. The van der Waals surface area contributed by atoms with Crippen molar-refractivity contribution in [2.45, 2.75) is 6.18 Å². The third-order valence-electron chi connectivity index (χ3n) is 2.95. The van der Waals surface area contributed by atoms with Gasteiger partial charge in [-0.15, -0.1) is 0 Å². The number of piperazine rings is 1. The molecule has 1 aliphatic heterocycles. The molecule has 0 unspecified atom stereocenters. The van der Waals surface area contributed by atoms with E-state index in [4.69, 9.17) is 0 Å². The summed E-state index contributed by atoms with van der Waals surface area (Å²) in [6.45, 7) is 2.91. The first kappa shape index (κ1) is 13.7. The number of aldehydes is 1. The van der Waals surface area contributed by atoms with Gasteiger partial charge in [0.05, 0.1) is 12.1 Å². The van der Waals surface area contributed by atoms with E-state index in [-0.39, 0.29) is 0 Å². The van der Waals surface area contributed by atoms with E-state index >= 15 is 0 Å². The topological polar surface area (TPSA) is 49.3 Å². The fourth-order valence-corrected chi connectivity index (χ4v) is 1.87. The molecular formula is C11H13F3N4O. The van der Waals surface area contributed by atoms with Crippen molar-refractivity contribution in [3.63, 3.8) is 0 Å². The molecule has 8 heteroatoms. The van der Waals surface area contributed by atoms with Crippen LogP contribution in [0.15, 0.2) is 12.4 Å². The number of carbonyl (C=O) groups is 1. The minimum absolute atomic E-state index is 0.291. The molecule has 1 aliphatic rings. The van der Waals surface area contributed by atoms with Crippen LogP contribution in [0.5, 0.6) is 0 Å². The molecule has 1 aromatic rings. The van der Waals surface area contributed by atoms with E-state index in [0.717, 1.165) is 18.7 Å². The number of aromatic nitrogens is 2. The molecule has 1 aromatic heterocycles. The Labute approximate surface area is 108 Å². The highest BCUT2D eigenvalue weighted by Crippen LogP contribution is 2.28. The van der Waals surface area contributed by atoms with Gasteiger partial charge in [-0.25, -0.2) is 9.97 Å². The van der Waals surface area contributed by atoms with Gasteiger partial charge in [-0.05, 0) is 0 Å². The van der Waals surface area contributed by atoms with Crippen LogP contribution in [0.2, 0.25) is 0 Å². The Bertz CT molecular complexity index is 427. The molecule has 2 rings (SSSR count). The number of halogens is 3. The second-order valence-corrected chi connectivity index (χ2v) is 4.22. The largest absolute Gasteiger partial charge is 0.419 e. The molecule has 0 spiro atoms. The first-order chi connectivity index (χ1) is 9.00. The molecular weight excluding hydrogens is 261 g/mol. The predicted molar refractivity (Wildman–Crippen MR) is 61.8 cm³/mol. The lowest BCUT2D eigenvalue weighted by Crippen LogP contribution is -2.47. The molecule has 0 amide bonds. The summed E-state index contributed by atoms with van der Waals surface area (Å²) in [4.78, 5) is 21.6. The van der Waals surface area contributed by atoms with Crippen molar-refractivity contribution in [3.05, 3.63) is 18.0 Å². The average molecular weight is 274 g/mol. The normalized spacial score (nSPS) is 17.5. The summed E-state index contributed by atoms with van der Waals surface area (Å²) < 4.78 is 37.1. The van der Waals surface area contributed by atoms with Gasteiger partial charge < -0.3 is 9.69 Å². The summed E-state index contributed by atoms with van der Waals surface area (Å²) in [6.07, 6.45) is -1.99. The van der Waals surface area contributed by atoms with E-state index in [2.05, 4.69) is 9.97 Å². The monoisotopic (exact) mass is 274 g/mol. The number of hydrogen-bond donors (Lipinski definition) is 0. The number of alkyl halides is 3. The molecule has 0 atom stereocenters. The zero-order valence-electron chi connectivity index (χ0n) is 10.1. The minimum Gasteiger partial charge on any atom is -0.338 e. The fourth-order valence-electron chi connectivity index (χ4n) is 1.87. The first-order valence-corrected chi connectivity index (χ1v) is 5.81. The number of nitrogens with zero attached hydrogens (tertiary/aromatic N) is 4. The van der Waals surface area contributed by atoms with E-state index < -0.39 is 11.7 Å². The molecule has 1 saturated heterocycles. The second kappa shape index (κ2) is 5.52. The Hall–Kier alpha value is -1.70. The van der Waals surface area contributed by atoms with Gasteiger partial charge in [0, 0.05) is 38.6 Å². The molecule has 0 bridgehead atoms. The molecule has 1 fully saturated rings. The van der Waals surface area contributed by atoms with Crippen molar-refractivity contribution >= 4 is 12.2 Å².